The third kappa shape index (κ3) is 2.24. The van der Waals surface area contributed by atoms with E-state index in [2.05, 4.69) is 21.9 Å². The van der Waals surface area contributed by atoms with Crippen LogP contribution in [0.15, 0.2) is 22.8 Å². The second-order valence-electron chi connectivity index (χ2n) is 2.52. The van der Waals surface area contributed by atoms with Crippen molar-refractivity contribution in [3.05, 3.63) is 23.8 Å². The van der Waals surface area contributed by atoms with Gasteiger partial charge in [-0.05, 0) is 34.4 Å². The Morgan fingerprint density at radius 3 is 2.57 bits per heavy atom. The largest absolute Gasteiger partial charge is 0.373 e. The van der Waals surface area contributed by atoms with Gasteiger partial charge in [0.25, 0.3) is 0 Å². The molecule has 0 unspecified atom stereocenters. The average molecular weight is 192 g/mol. The summed E-state index contributed by atoms with van der Waals surface area (Å²) in [7, 11) is 0. The van der Waals surface area contributed by atoms with Crippen molar-refractivity contribution in [1.82, 2.24) is 10.3 Å². The standard InChI is InChI=1S/C8H8N2O.CO2/c1-2-6-3-4-7-8(5-6)10-11-9-7;2-1-3/h3-5H,2H2,1H3;. The lowest BCUT2D eigenvalue weighted by Crippen LogP contribution is -1.78. The third-order valence-corrected chi connectivity index (χ3v) is 1.73. The zero-order valence-corrected chi connectivity index (χ0v) is 7.56. The number of aromatic nitrogens is 2. The lowest BCUT2D eigenvalue weighted by Gasteiger charge is -1.91. The molecule has 0 radical (unpaired) electrons. The van der Waals surface area contributed by atoms with Gasteiger partial charge >= 0.3 is 6.15 Å². The quantitative estimate of drug-likeness (QED) is 0.678. The second kappa shape index (κ2) is 4.89. The molecule has 0 aliphatic carbocycles. The normalized spacial score (nSPS) is 8.93. The number of rotatable bonds is 1. The first-order chi connectivity index (χ1) is 6.81. The highest BCUT2D eigenvalue weighted by molar-refractivity contribution is 5.73. The Kier molecular flexibility index (Phi) is 3.52. The van der Waals surface area contributed by atoms with E-state index >= 15 is 0 Å². The fraction of sp³-hybridized carbons (Fsp3) is 0.222. The predicted molar refractivity (Wildman–Crippen MR) is 46.2 cm³/mol. The number of hydrogen-bond acceptors (Lipinski definition) is 5. The van der Waals surface area contributed by atoms with Crippen LogP contribution in [0.1, 0.15) is 12.5 Å². The molecule has 0 N–H and O–H groups in total. The van der Waals surface area contributed by atoms with Crippen molar-refractivity contribution in [2.75, 3.05) is 0 Å². The van der Waals surface area contributed by atoms with Gasteiger partial charge in [0.05, 0.1) is 0 Å². The first kappa shape index (κ1) is 10.1. The summed E-state index contributed by atoms with van der Waals surface area (Å²) in [5.41, 5.74) is 2.92. The molecule has 5 heteroatoms. The van der Waals surface area contributed by atoms with Gasteiger partial charge in [-0.1, -0.05) is 13.0 Å². The predicted octanol–water partition coefficient (Wildman–Crippen LogP) is 1.20. The zero-order chi connectivity index (χ0) is 10.4. The average Bonchev–Trinajstić information content (AvgIpc) is 2.65. The highest BCUT2D eigenvalue weighted by Crippen LogP contribution is 2.11. The lowest BCUT2D eigenvalue weighted by molar-refractivity contribution is -0.191. The number of aryl methyl sites for hydroxylation is 1. The van der Waals surface area contributed by atoms with Crippen molar-refractivity contribution in [2.45, 2.75) is 13.3 Å². The lowest BCUT2D eigenvalue weighted by atomic mass is 10.1. The first-order valence-corrected chi connectivity index (χ1v) is 4.02. The summed E-state index contributed by atoms with van der Waals surface area (Å²) in [6.07, 6.45) is 1.27. The van der Waals surface area contributed by atoms with Crippen LogP contribution in [0.4, 0.5) is 0 Å². The minimum Gasteiger partial charge on any atom is -0.243 e. The van der Waals surface area contributed by atoms with Crippen LogP contribution in [0.3, 0.4) is 0 Å². The van der Waals surface area contributed by atoms with E-state index < -0.39 is 0 Å². The molecule has 0 aliphatic heterocycles. The maximum Gasteiger partial charge on any atom is 0.373 e. The van der Waals surface area contributed by atoms with E-state index in [1.54, 1.807) is 0 Å². The number of nitrogens with zero attached hydrogens (tertiary/aromatic N) is 2. The van der Waals surface area contributed by atoms with Crippen molar-refractivity contribution in [3.8, 4) is 0 Å². The summed E-state index contributed by atoms with van der Waals surface area (Å²) in [4.78, 5) is 16.2. The highest BCUT2D eigenvalue weighted by atomic mass is 16.6. The van der Waals surface area contributed by atoms with E-state index in [1.807, 2.05) is 18.2 Å². The first-order valence-electron chi connectivity index (χ1n) is 4.02. The van der Waals surface area contributed by atoms with Crippen molar-refractivity contribution < 1.29 is 14.2 Å². The van der Waals surface area contributed by atoms with Crippen LogP contribution < -0.4 is 0 Å². The molecule has 72 valence electrons. The Labute approximate surface area is 79.7 Å². The van der Waals surface area contributed by atoms with E-state index in [9.17, 15) is 0 Å². The van der Waals surface area contributed by atoms with Gasteiger partial charge in [-0.25, -0.2) is 4.63 Å². The van der Waals surface area contributed by atoms with Crippen LogP contribution in [0.5, 0.6) is 0 Å². The fourth-order valence-corrected chi connectivity index (χ4v) is 1.05. The molecule has 1 aromatic heterocycles. The molecular formula is C9H8N2O3. The minimum atomic E-state index is 0.250. The molecule has 14 heavy (non-hydrogen) atoms. The summed E-state index contributed by atoms with van der Waals surface area (Å²) in [5, 5.41) is 7.45. The van der Waals surface area contributed by atoms with Gasteiger partial charge in [-0.3, -0.25) is 0 Å². The summed E-state index contributed by atoms with van der Waals surface area (Å²) in [5.74, 6) is 0. The van der Waals surface area contributed by atoms with Gasteiger partial charge in [-0.2, -0.15) is 9.59 Å². The number of fused-ring (bicyclic) bond motifs is 1. The van der Waals surface area contributed by atoms with Crippen molar-refractivity contribution >= 4 is 17.2 Å². The Hall–Kier alpha value is -2.00. The van der Waals surface area contributed by atoms with E-state index in [-0.39, 0.29) is 6.15 Å². The minimum absolute atomic E-state index is 0.250. The molecule has 0 saturated heterocycles. The molecule has 5 nitrogen and oxygen atoms in total. The van der Waals surface area contributed by atoms with E-state index in [1.165, 1.54) is 5.56 Å². The van der Waals surface area contributed by atoms with Crippen LogP contribution >= 0.6 is 0 Å². The maximum atomic E-state index is 8.12. The van der Waals surface area contributed by atoms with Crippen LogP contribution in [-0.2, 0) is 16.0 Å². The van der Waals surface area contributed by atoms with Gasteiger partial charge in [0.2, 0.25) is 0 Å². The summed E-state index contributed by atoms with van der Waals surface area (Å²) >= 11 is 0. The van der Waals surface area contributed by atoms with Gasteiger partial charge in [0.15, 0.2) is 0 Å². The Bertz CT molecular complexity index is 444. The highest BCUT2D eigenvalue weighted by Gasteiger charge is 1.98. The van der Waals surface area contributed by atoms with Crippen molar-refractivity contribution in [2.24, 2.45) is 0 Å². The number of benzene rings is 1. The van der Waals surface area contributed by atoms with E-state index in [4.69, 9.17) is 9.59 Å². The topological polar surface area (TPSA) is 73.1 Å². The van der Waals surface area contributed by atoms with Crippen LogP contribution in [-0.4, -0.2) is 16.5 Å². The van der Waals surface area contributed by atoms with Gasteiger partial charge in [0.1, 0.15) is 11.0 Å². The molecule has 0 aliphatic rings. The molecular weight excluding hydrogens is 184 g/mol. The molecule has 1 heterocycles. The maximum absolute atomic E-state index is 8.12. The van der Waals surface area contributed by atoms with Gasteiger partial charge < -0.3 is 0 Å². The Morgan fingerprint density at radius 1 is 1.29 bits per heavy atom. The Balaban J connectivity index is 0.000000293. The van der Waals surface area contributed by atoms with Crippen LogP contribution in [0.2, 0.25) is 0 Å². The monoisotopic (exact) mass is 192 g/mol. The molecule has 2 rings (SSSR count). The summed E-state index contributed by atoms with van der Waals surface area (Å²) in [6, 6.07) is 5.95. The second-order valence-corrected chi connectivity index (χ2v) is 2.52. The molecule has 0 spiro atoms. The fourth-order valence-electron chi connectivity index (χ4n) is 1.05. The molecule has 1 aromatic carbocycles. The summed E-state index contributed by atoms with van der Waals surface area (Å²) in [6.45, 7) is 2.11. The van der Waals surface area contributed by atoms with Crippen LogP contribution in [0, 0.1) is 0 Å². The number of hydrogen-bond donors (Lipinski definition) is 0. The smallest absolute Gasteiger partial charge is 0.243 e. The Morgan fingerprint density at radius 2 is 1.93 bits per heavy atom. The van der Waals surface area contributed by atoms with E-state index in [0.717, 1.165) is 17.5 Å². The van der Waals surface area contributed by atoms with Crippen LogP contribution in [0.25, 0.3) is 11.0 Å². The summed E-state index contributed by atoms with van der Waals surface area (Å²) < 4.78 is 4.56. The SMILES string of the molecule is CCc1ccc2nonc2c1.O=C=O. The van der Waals surface area contributed by atoms with Gasteiger partial charge in [0, 0.05) is 0 Å². The molecule has 0 bridgehead atoms. The zero-order valence-electron chi connectivity index (χ0n) is 7.56. The van der Waals surface area contributed by atoms with Gasteiger partial charge in [-0.15, -0.1) is 0 Å². The molecule has 0 fully saturated rings. The molecule has 0 saturated carbocycles. The molecule has 2 aromatic rings. The van der Waals surface area contributed by atoms with Crippen molar-refractivity contribution in [3.63, 3.8) is 0 Å². The molecule has 0 amide bonds. The number of carbonyl (C=O) groups excluding carboxylic acids is 2. The molecule has 0 atom stereocenters. The van der Waals surface area contributed by atoms with Crippen molar-refractivity contribution in [1.29, 1.82) is 0 Å². The van der Waals surface area contributed by atoms with E-state index in [0.29, 0.717) is 0 Å². The third-order valence-electron chi connectivity index (χ3n) is 1.73.